The molecule has 1 aliphatic heterocycles. The van der Waals surface area contributed by atoms with Crippen LogP contribution in [0, 0.1) is 18.8 Å². The van der Waals surface area contributed by atoms with E-state index in [9.17, 15) is 4.79 Å². The van der Waals surface area contributed by atoms with Crippen molar-refractivity contribution >= 4 is 18.3 Å². The van der Waals surface area contributed by atoms with Gasteiger partial charge in [0, 0.05) is 13.1 Å². The Morgan fingerprint density at radius 1 is 1.15 bits per heavy atom. The quantitative estimate of drug-likeness (QED) is 0.744. The molecule has 0 saturated carbocycles. The highest BCUT2D eigenvalue weighted by molar-refractivity contribution is 5.93. The Labute approximate surface area is 164 Å². The van der Waals surface area contributed by atoms with Gasteiger partial charge >= 0.3 is 0 Å². The van der Waals surface area contributed by atoms with Crippen molar-refractivity contribution in [3.8, 4) is 0 Å². The van der Waals surface area contributed by atoms with Crippen molar-refractivity contribution in [2.24, 2.45) is 11.8 Å². The normalized spacial score (nSPS) is 15.3. The fraction of sp³-hybridized carbons (Fsp3) is 0.842. The Balaban J connectivity index is 0.00000338. The molecule has 1 fully saturated rings. The van der Waals surface area contributed by atoms with Crippen molar-refractivity contribution in [1.82, 2.24) is 25.2 Å². The van der Waals surface area contributed by atoms with Gasteiger partial charge in [-0.05, 0) is 57.5 Å². The van der Waals surface area contributed by atoms with E-state index in [1.54, 1.807) is 0 Å². The fourth-order valence-corrected chi connectivity index (χ4v) is 3.23. The van der Waals surface area contributed by atoms with Crippen LogP contribution in [0.15, 0.2) is 0 Å². The standard InChI is InChI=1S/C19H35N5O.ClH/c1-14(2)8-12-23(13-9-15(3)4)19(25)18-16(5)24(22-21-18)17-6-10-20-11-7-17;/h14-15,17,20H,6-13H2,1-5H3;1H. The second kappa shape index (κ2) is 10.9. The molecule has 0 bridgehead atoms. The first-order valence-corrected chi connectivity index (χ1v) is 9.82. The summed E-state index contributed by atoms with van der Waals surface area (Å²) in [7, 11) is 0. The van der Waals surface area contributed by atoms with Crippen LogP contribution in [0.1, 0.15) is 75.6 Å². The van der Waals surface area contributed by atoms with Gasteiger partial charge in [0.1, 0.15) is 0 Å². The highest BCUT2D eigenvalue weighted by Gasteiger charge is 2.26. The highest BCUT2D eigenvalue weighted by atomic mass is 35.5. The summed E-state index contributed by atoms with van der Waals surface area (Å²) in [5, 5.41) is 12.0. The summed E-state index contributed by atoms with van der Waals surface area (Å²) in [6.07, 6.45) is 4.13. The molecule has 0 aromatic carbocycles. The molecule has 1 aromatic rings. The maximum Gasteiger partial charge on any atom is 0.276 e. The number of halogens is 1. The predicted molar refractivity (Wildman–Crippen MR) is 108 cm³/mol. The van der Waals surface area contributed by atoms with Crippen LogP contribution in [0.4, 0.5) is 0 Å². The fourth-order valence-electron chi connectivity index (χ4n) is 3.23. The molecule has 2 rings (SSSR count). The van der Waals surface area contributed by atoms with E-state index in [-0.39, 0.29) is 18.3 Å². The molecule has 1 aromatic heterocycles. The summed E-state index contributed by atoms with van der Waals surface area (Å²) in [5.41, 5.74) is 1.45. The minimum atomic E-state index is 0. The van der Waals surface area contributed by atoms with Gasteiger partial charge in [-0.25, -0.2) is 4.68 Å². The summed E-state index contributed by atoms with van der Waals surface area (Å²) in [4.78, 5) is 15.1. The van der Waals surface area contributed by atoms with E-state index in [0.717, 1.165) is 57.6 Å². The van der Waals surface area contributed by atoms with Gasteiger partial charge in [-0.15, -0.1) is 17.5 Å². The summed E-state index contributed by atoms with van der Waals surface area (Å²) < 4.78 is 1.97. The number of amides is 1. The minimum absolute atomic E-state index is 0. The predicted octanol–water partition coefficient (Wildman–Crippen LogP) is 3.47. The molecule has 0 atom stereocenters. The number of carbonyl (C=O) groups excluding carboxylic acids is 1. The number of aromatic nitrogens is 3. The molecule has 0 spiro atoms. The molecule has 2 heterocycles. The molecule has 0 radical (unpaired) electrons. The third-order valence-corrected chi connectivity index (χ3v) is 5.02. The lowest BCUT2D eigenvalue weighted by molar-refractivity contribution is 0.0734. The van der Waals surface area contributed by atoms with Crippen molar-refractivity contribution in [1.29, 1.82) is 0 Å². The number of rotatable bonds is 8. The summed E-state index contributed by atoms with van der Waals surface area (Å²) in [6, 6.07) is 0.357. The van der Waals surface area contributed by atoms with Crippen LogP contribution in [0.25, 0.3) is 0 Å². The third kappa shape index (κ3) is 6.23. The maximum atomic E-state index is 13.1. The summed E-state index contributed by atoms with van der Waals surface area (Å²) in [6.45, 7) is 14.4. The van der Waals surface area contributed by atoms with Crippen LogP contribution in [0.5, 0.6) is 0 Å². The van der Waals surface area contributed by atoms with Crippen molar-refractivity contribution < 1.29 is 4.79 Å². The molecule has 1 saturated heterocycles. The Morgan fingerprint density at radius 2 is 1.69 bits per heavy atom. The monoisotopic (exact) mass is 385 g/mol. The van der Waals surface area contributed by atoms with Crippen LogP contribution in [0.2, 0.25) is 0 Å². The number of hydrogen-bond acceptors (Lipinski definition) is 4. The van der Waals surface area contributed by atoms with Crippen LogP contribution >= 0.6 is 12.4 Å². The topological polar surface area (TPSA) is 63.1 Å². The highest BCUT2D eigenvalue weighted by Crippen LogP contribution is 2.21. The Morgan fingerprint density at radius 3 is 2.19 bits per heavy atom. The molecule has 1 N–H and O–H groups in total. The van der Waals surface area contributed by atoms with E-state index in [0.29, 0.717) is 23.6 Å². The number of nitrogens with zero attached hydrogens (tertiary/aromatic N) is 4. The van der Waals surface area contributed by atoms with Crippen LogP contribution < -0.4 is 5.32 Å². The lowest BCUT2D eigenvalue weighted by atomic mass is 10.1. The molecular weight excluding hydrogens is 350 g/mol. The van der Waals surface area contributed by atoms with Gasteiger partial charge in [-0.3, -0.25) is 4.79 Å². The van der Waals surface area contributed by atoms with Gasteiger partial charge < -0.3 is 10.2 Å². The van der Waals surface area contributed by atoms with E-state index in [1.807, 2.05) is 16.5 Å². The largest absolute Gasteiger partial charge is 0.337 e. The summed E-state index contributed by atoms with van der Waals surface area (Å²) >= 11 is 0. The maximum absolute atomic E-state index is 13.1. The second-order valence-corrected chi connectivity index (χ2v) is 8.11. The van der Waals surface area contributed by atoms with Crippen molar-refractivity contribution in [3.05, 3.63) is 11.4 Å². The average Bonchev–Trinajstić information content (AvgIpc) is 2.96. The summed E-state index contributed by atoms with van der Waals surface area (Å²) in [5.74, 6) is 1.21. The second-order valence-electron chi connectivity index (χ2n) is 8.11. The van der Waals surface area contributed by atoms with Gasteiger partial charge in [0.2, 0.25) is 0 Å². The zero-order chi connectivity index (χ0) is 18.4. The first kappa shape index (κ1) is 22.9. The molecule has 0 aliphatic carbocycles. The number of carbonyl (C=O) groups is 1. The van der Waals surface area contributed by atoms with E-state index >= 15 is 0 Å². The van der Waals surface area contributed by atoms with E-state index in [1.165, 1.54) is 0 Å². The Kier molecular flexibility index (Phi) is 9.58. The lowest BCUT2D eigenvalue weighted by Gasteiger charge is -2.25. The minimum Gasteiger partial charge on any atom is -0.337 e. The van der Waals surface area contributed by atoms with Gasteiger partial charge in [-0.2, -0.15) is 0 Å². The van der Waals surface area contributed by atoms with E-state index in [4.69, 9.17) is 0 Å². The number of piperidine rings is 1. The van der Waals surface area contributed by atoms with Gasteiger partial charge in [-0.1, -0.05) is 32.9 Å². The van der Waals surface area contributed by atoms with E-state index in [2.05, 4.69) is 43.3 Å². The van der Waals surface area contributed by atoms with Crippen molar-refractivity contribution in [2.45, 2.75) is 66.3 Å². The molecule has 1 amide bonds. The van der Waals surface area contributed by atoms with E-state index < -0.39 is 0 Å². The van der Waals surface area contributed by atoms with Crippen molar-refractivity contribution in [3.63, 3.8) is 0 Å². The first-order valence-electron chi connectivity index (χ1n) is 9.82. The van der Waals surface area contributed by atoms with Crippen LogP contribution in [-0.4, -0.2) is 52.0 Å². The molecule has 150 valence electrons. The van der Waals surface area contributed by atoms with Crippen LogP contribution in [0.3, 0.4) is 0 Å². The molecule has 6 nitrogen and oxygen atoms in total. The molecule has 0 unspecified atom stereocenters. The molecular formula is C19H36ClN5O. The zero-order valence-corrected chi connectivity index (χ0v) is 17.8. The number of hydrogen-bond donors (Lipinski definition) is 1. The third-order valence-electron chi connectivity index (χ3n) is 5.02. The van der Waals surface area contributed by atoms with Crippen LogP contribution in [-0.2, 0) is 0 Å². The SMILES string of the molecule is Cc1c(C(=O)N(CCC(C)C)CCC(C)C)nnn1C1CCNCC1.Cl. The van der Waals surface area contributed by atoms with Gasteiger partial charge in [0.05, 0.1) is 11.7 Å². The molecule has 7 heteroatoms. The molecule has 26 heavy (non-hydrogen) atoms. The Bertz CT molecular complexity index is 540. The lowest BCUT2D eigenvalue weighted by Crippen LogP contribution is -2.35. The van der Waals surface area contributed by atoms with Crippen molar-refractivity contribution in [2.75, 3.05) is 26.2 Å². The smallest absolute Gasteiger partial charge is 0.276 e. The Hall–Kier alpha value is -1.14. The molecule has 1 aliphatic rings. The number of nitrogens with one attached hydrogen (secondary N) is 1. The average molecular weight is 386 g/mol. The van der Waals surface area contributed by atoms with Gasteiger partial charge in [0.25, 0.3) is 5.91 Å². The van der Waals surface area contributed by atoms with Gasteiger partial charge in [0.15, 0.2) is 5.69 Å². The first-order chi connectivity index (χ1) is 11.9. The zero-order valence-electron chi connectivity index (χ0n) is 17.0.